The molecule has 0 atom stereocenters. The summed E-state index contributed by atoms with van der Waals surface area (Å²) in [6.45, 7) is 1.46. The third-order valence-corrected chi connectivity index (χ3v) is 2.97. The number of sulfonamides is 1. The lowest BCUT2D eigenvalue weighted by atomic mass is 10.2. The van der Waals surface area contributed by atoms with Crippen molar-refractivity contribution in [3.8, 4) is 5.75 Å². The van der Waals surface area contributed by atoms with Crippen LogP contribution < -0.4 is 14.4 Å². The summed E-state index contributed by atoms with van der Waals surface area (Å²) in [6, 6.07) is 5.28. The first kappa shape index (κ1) is 11.1. The van der Waals surface area contributed by atoms with Crippen LogP contribution in [0, 0.1) is 0 Å². The summed E-state index contributed by atoms with van der Waals surface area (Å²) >= 11 is 0. The fourth-order valence-corrected chi connectivity index (χ4v) is 2.19. The lowest BCUT2D eigenvalue weighted by molar-refractivity contribution is 0.311. The molecule has 1 N–H and O–H groups in total. The molecule has 16 heavy (non-hydrogen) atoms. The second-order valence-electron chi connectivity index (χ2n) is 3.83. The molecule has 0 aliphatic carbocycles. The van der Waals surface area contributed by atoms with E-state index in [-0.39, 0.29) is 0 Å². The molecular weight excluding hydrogens is 228 g/mol. The minimum atomic E-state index is -3.24. The SMILES string of the molecule is CN1CCOc2cc(NS(C)(=O)=O)ccc21. The standard InChI is InChI=1S/C10H14N2O3S/c1-12-5-6-15-10-7-8(3-4-9(10)12)11-16(2,13)14/h3-4,7,11H,5-6H2,1-2H3. The maximum atomic E-state index is 11.1. The summed E-state index contributed by atoms with van der Waals surface area (Å²) in [5, 5.41) is 0. The number of benzene rings is 1. The number of nitrogens with one attached hydrogen (secondary N) is 1. The second-order valence-corrected chi connectivity index (χ2v) is 5.58. The normalized spacial score (nSPS) is 15.2. The molecule has 0 bridgehead atoms. The van der Waals surface area contributed by atoms with Crippen LogP contribution in [0.5, 0.6) is 5.75 Å². The molecule has 1 aromatic rings. The van der Waals surface area contributed by atoms with Gasteiger partial charge in [-0.1, -0.05) is 0 Å². The summed E-state index contributed by atoms with van der Waals surface area (Å²) in [4.78, 5) is 2.07. The highest BCUT2D eigenvalue weighted by atomic mass is 32.2. The van der Waals surface area contributed by atoms with Gasteiger partial charge in [0.25, 0.3) is 0 Å². The Morgan fingerprint density at radius 2 is 2.19 bits per heavy atom. The highest BCUT2D eigenvalue weighted by Gasteiger charge is 2.15. The van der Waals surface area contributed by atoms with Crippen molar-refractivity contribution in [1.29, 1.82) is 0 Å². The maximum Gasteiger partial charge on any atom is 0.229 e. The Balaban J connectivity index is 2.32. The van der Waals surface area contributed by atoms with Gasteiger partial charge in [-0.05, 0) is 12.1 Å². The molecule has 88 valence electrons. The summed E-state index contributed by atoms with van der Waals surface area (Å²) in [7, 11) is -1.26. The smallest absolute Gasteiger partial charge is 0.229 e. The van der Waals surface area contributed by atoms with Crippen LogP contribution >= 0.6 is 0 Å². The summed E-state index contributed by atoms with van der Waals surface area (Å²) in [5.74, 6) is 0.711. The number of anilines is 2. The molecule has 1 aliphatic rings. The van der Waals surface area contributed by atoms with Gasteiger partial charge in [-0.3, -0.25) is 4.72 Å². The number of likely N-dealkylation sites (N-methyl/N-ethyl adjacent to an activating group) is 1. The van der Waals surface area contributed by atoms with E-state index in [1.165, 1.54) is 0 Å². The minimum Gasteiger partial charge on any atom is -0.489 e. The maximum absolute atomic E-state index is 11.1. The van der Waals surface area contributed by atoms with Gasteiger partial charge in [0, 0.05) is 13.1 Å². The topological polar surface area (TPSA) is 58.6 Å². The number of hydrogen-bond acceptors (Lipinski definition) is 4. The van der Waals surface area contributed by atoms with Crippen molar-refractivity contribution >= 4 is 21.4 Å². The number of ether oxygens (including phenoxy) is 1. The molecule has 6 heteroatoms. The molecule has 0 unspecified atom stereocenters. The Labute approximate surface area is 95.1 Å². The molecule has 0 radical (unpaired) electrons. The van der Waals surface area contributed by atoms with Gasteiger partial charge in [0.1, 0.15) is 12.4 Å². The van der Waals surface area contributed by atoms with Crippen molar-refractivity contribution < 1.29 is 13.2 Å². The summed E-state index contributed by atoms with van der Waals surface area (Å²) in [6.07, 6.45) is 1.12. The Morgan fingerprint density at radius 3 is 2.88 bits per heavy atom. The van der Waals surface area contributed by atoms with Crippen molar-refractivity contribution in [3.63, 3.8) is 0 Å². The predicted octanol–water partition coefficient (Wildman–Crippen LogP) is 0.887. The third-order valence-electron chi connectivity index (χ3n) is 2.36. The lowest BCUT2D eigenvalue weighted by Crippen LogP contribution is -2.28. The summed E-state index contributed by atoms with van der Waals surface area (Å²) < 4.78 is 30.0. The molecule has 0 fully saturated rings. The number of hydrogen-bond donors (Lipinski definition) is 1. The van der Waals surface area contributed by atoms with Crippen LogP contribution in [0.1, 0.15) is 0 Å². The first-order valence-electron chi connectivity index (χ1n) is 4.91. The van der Waals surface area contributed by atoms with Gasteiger partial charge in [0.2, 0.25) is 10.0 Å². The van der Waals surface area contributed by atoms with Crippen molar-refractivity contribution in [3.05, 3.63) is 18.2 Å². The largest absolute Gasteiger partial charge is 0.489 e. The van der Waals surface area contributed by atoms with E-state index in [9.17, 15) is 8.42 Å². The van der Waals surface area contributed by atoms with E-state index >= 15 is 0 Å². The van der Waals surface area contributed by atoms with E-state index in [4.69, 9.17) is 4.74 Å². The monoisotopic (exact) mass is 242 g/mol. The van der Waals surface area contributed by atoms with Crippen LogP contribution in [-0.2, 0) is 10.0 Å². The fraction of sp³-hybridized carbons (Fsp3) is 0.400. The van der Waals surface area contributed by atoms with Gasteiger partial charge >= 0.3 is 0 Å². The molecule has 0 aromatic heterocycles. The Morgan fingerprint density at radius 1 is 1.44 bits per heavy atom. The van der Waals surface area contributed by atoms with Crippen LogP contribution in [0.25, 0.3) is 0 Å². The zero-order valence-corrected chi connectivity index (χ0v) is 10.0. The van der Waals surface area contributed by atoms with Crippen LogP contribution in [0.15, 0.2) is 18.2 Å². The van der Waals surface area contributed by atoms with Crippen molar-refractivity contribution in [1.82, 2.24) is 0 Å². The average Bonchev–Trinajstić information content (AvgIpc) is 2.15. The molecule has 1 heterocycles. The molecule has 0 amide bonds. The minimum absolute atomic E-state index is 0.525. The van der Waals surface area contributed by atoms with Crippen molar-refractivity contribution in [2.45, 2.75) is 0 Å². The Bertz CT molecular complexity index is 499. The molecule has 0 spiro atoms. The van der Waals surface area contributed by atoms with Crippen LogP contribution in [0.4, 0.5) is 11.4 Å². The van der Waals surface area contributed by atoms with Crippen LogP contribution in [-0.4, -0.2) is 34.9 Å². The van der Waals surface area contributed by atoms with Crippen LogP contribution in [0.3, 0.4) is 0 Å². The van der Waals surface area contributed by atoms with Gasteiger partial charge in [-0.15, -0.1) is 0 Å². The number of rotatable bonds is 2. The van der Waals surface area contributed by atoms with Crippen LogP contribution in [0.2, 0.25) is 0 Å². The average molecular weight is 242 g/mol. The first-order chi connectivity index (χ1) is 7.46. The zero-order chi connectivity index (χ0) is 11.8. The molecular formula is C10H14N2O3S. The molecule has 1 aliphatic heterocycles. The third kappa shape index (κ3) is 2.38. The highest BCUT2D eigenvalue weighted by molar-refractivity contribution is 7.92. The van der Waals surface area contributed by atoms with Gasteiger partial charge in [0.15, 0.2) is 0 Å². The van der Waals surface area contributed by atoms with Gasteiger partial charge in [-0.25, -0.2) is 8.42 Å². The van der Waals surface area contributed by atoms with E-state index in [0.29, 0.717) is 18.0 Å². The second kappa shape index (κ2) is 3.86. The molecule has 0 saturated heterocycles. The number of fused-ring (bicyclic) bond motifs is 1. The quantitative estimate of drug-likeness (QED) is 0.836. The highest BCUT2D eigenvalue weighted by Crippen LogP contribution is 2.33. The van der Waals surface area contributed by atoms with E-state index in [0.717, 1.165) is 18.5 Å². The van der Waals surface area contributed by atoms with E-state index < -0.39 is 10.0 Å². The first-order valence-corrected chi connectivity index (χ1v) is 6.80. The number of nitrogens with zero attached hydrogens (tertiary/aromatic N) is 1. The van der Waals surface area contributed by atoms with E-state index in [2.05, 4.69) is 9.62 Å². The van der Waals surface area contributed by atoms with Crippen molar-refractivity contribution in [2.24, 2.45) is 0 Å². The zero-order valence-electron chi connectivity index (χ0n) is 9.23. The van der Waals surface area contributed by atoms with E-state index in [1.54, 1.807) is 12.1 Å². The molecule has 2 rings (SSSR count). The van der Waals surface area contributed by atoms with E-state index in [1.807, 2.05) is 13.1 Å². The van der Waals surface area contributed by atoms with Gasteiger partial charge in [0.05, 0.1) is 24.2 Å². The lowest BCUT2D eigenvalue weighted by Gasteiger charge is -2.27. The Kier molecular flexibility index (Phi) is 2.67. The van der Waals surface area contributed by atoms with Gasteiger partial charge in [-0.2, -0.15) is 0 Å². The van der Waals surface area contributed by atoms with Crippen molar-refractivity contribution in [2.75, 3.05) is 36.1 Å². The molecule has 1 aromatic carbocycles. The fourth-order valence-electron chi connectivity index (χ4n) is 1.64. The molecule has 0 saturated carbocycles. The predicted molar refractivity (Wildman–Crippen MR) is 63.7 cm³/mol. The van der Waals surface area contributed by atoms with Gasteiger partial charge < -0.3 is 9.64 Å². The Hall–Kier alpha value is -1.43. The summed E-state index contributed by atoms with van der Waals surface area (Å²) in [5.41, 5.74) is 1.50. The molecule has 5 nitrogen and oxygen atoms in total.